The molecule has 0 spiro atoms. The van der Waals surface area contributed by atoms with Gasteiger partial charge in [-0.15, -0.1) is 0 Å². The van der Waals surface area contributed by atoms with Crippen LogP contribution in [-0.4, -0.2) is 15.8 Å². The van der Waals surface area contributed by atoms with E-state index >= 15 is 0 Å². The van der Waals surface area contributed by atoms with E-state index in [4.69, 9.17) is 0 Å². The third kappa shape index (κ3) is 2.63. The highest BCUT2D eigenvalue weighted by Crippen LogP contribution is 2.22. The van der Waals surface area contributed by atoms with Gasteiger partial charge in [0.05, 0.1) is 0 Å². The zero-order valence-corrected chi connectivity index (χ0v) is 10.9. The maximum absolute atomic E-state index is 12.1. The maximum atomic E-state index is 12.1. The van der Waals surface area contributed by atoms with Gasteiger partial charge in [0, 0.05) is 10.6 Å². The summed E-state index contributed by atoms with van der Waals surface area (Å²) in [6, 6.07) is 6.16. The van der Waals surface area contributed by atoms with Crippen molar-refractivity contribution in [1.29, 1.82) is 0 Å². The first-order valence-electron chi connectivity index (χ1n) is 5.34. The molecule has 0 saturated heterocycles. The quantitative estimate of drug-likeness (QED) is 0.721. The van der Waals surface area contributed by atoms with Crippen molar-refractivity contribution in [1.82, 2.24) is 0 Å². The van der Waals surface area contributed by atoms with Gasteiger partial charge in [0.2, 0.25) is 0 Å². The Bertz CT molecular complexity index is 442. The van der Waals surface area contributed by atoms with E-state index in [1.807, 2.05) is 19.9 Å². The SMILES string of the molecule is C=S(=O)(CC)c1ccc(C(C)C)cc1C. The summed E-state index contributed by atoms with van der Waals surface area (Å²) >= 11 is 0. The Morgan fingerprint density at radius 3 is 2.40 bits per heavy atom. The van der Waals surface area contributed by atoms with Crippen molar-refractivity contribution in [2.45, 2.75) is 38.5 Å². The summed E-state index contributed by atoms with van der Waals surface area (Å²) in [7, 11) is -2.07. The van der Waals surface area contributed by atoms with E-state index in [2.05, 4.69) is 31.9 Å². The van der Waals surface area contributed by atoms with E-state index in [1.165, 1.54) is 5.56 Å². The predicted molar refractivity (Wildman–Crippen MR) is 69.3 cm³/mol. The zero-order chi connectivity index (χ0) is 11.6. The summed E-state index contributed by atoms with van der Waals surface area (Å²) < 4.78 is 12.1. The molecule has 0 aliphatic heterocycles. The van der Waals surface area contributed by atoms with Gasteiger partial charge in [0.25, 0.3) is 0 Å². The molecule has 0 saturated carbocycles. The van der Waals surface area contributed by atoms with Crippen molar-refractivity contribution < 1.29 is 4.21 Å². The normalized spacial score (nSPS) is 15.3. The van der Waals surface area contributed by atoms with Crippen molar-refractivity contribution >= 4 is 15.4 Å². The van der Waals surface area contributed by atoms with Crippen molar-refractivity contribution in [3.05, 3.63) is 29.3 Å². The Morgan fingerprint density at radius 1 is 1.40 bits per heavy atom. The second kappa shape index (κ2) is 4.40. The molecule has 15 heavy (non-hydrogen) atoms. The number of benzene rings is 1. The molecule has 0 radical (unpaired) electrons. The van der Waals surface area contributed by atoms with Gasteiger partial charge in [-0.3, -0.25) is 4.21 Å². The minimum absolute atomic E-state index is 0.514. The Balaban J connectivity index is 3.26. The predicted octanol–water partition coefficient (Wildman–Crippen LogP) is 3.21. The topological polar surface area (TPSA) is 17.1 Å². The van der Waals surface area contributed by atoms with Crippen molar-refractivity contribution in [2.24, 2.45) is 0 Å². The van der Waals surface area contributed by atoms with E-state index in [0.29, 0.717) is 11.7 Å². The molecule has 0 bridgehead atoms. The number of hydrogen-bond donors (Lipinski definition) is 0. The molecule has 1 aromatic carbocycles. The second-order valence-corrected chi connectivity index (χ2v) is 6.92. The summed E-state index contributed by atoms with van der Waals surface area (Å²) in [6.07, 6.45) is 0. The zero-order valence-electron chi connectivity index (χ0n) is 10.0. The molecule has 2 heteroatoms. The van der Waals surface area contributed by atoms with Gasteiger partial charge in [-0.1, -0.05) is 32.9 Å². The summed E-state index contributed by atoms with van der Waals surface area (Å²) in [6.45, 7) is 8.26. The monoisotopic (exact) mass is 224 g/mol. The Labute approximate surface area is 93.5 Å². The van der Waals surface area contributed by atoms with Gasteiger partial charge in [0.1, 0.15) is 0 Å². The van der Waals surface area contributed by atoms with E-state index in [1.54, 1.807) is 0 Å². The highest BCUT2D eigenvalue weighted by Gasteiger charge is 2.09. The molecule has 0 aliphatic rings. The van der Waals surface area contributed by atoms with Crippen molar-refractivity contribution in [3.8, 4) is 0 Å². The van der Waals surface area contributed by atoms with Crippen LogP contribution in [-0.2, 0) is 9.52 Å². The highest BCUT2D eigenvalue weighted by atomic mass is 32.2. The van der Waals surface area contributed by atoms with Crippen LogP contribution in [0, 0.1) is 6.92 Å². The number of rotatable bonds is 3. The summed E-state index contributed by atoms with van der Waals surface area (Å²) in [4.78, 5) is 0.911. The molecule has 0 amide bonds. The lowest BCUT2D eigenvalue weighted by Crippen LogP contribution is -2.06. The summed E-state index contributed by atoms with van der Waals surface area (Å²) in [5, 5.41) is 0. The summed E-state index contributed by atoms with van der Waals surface area (Å²) in [5.74, 6) is 4.94. The van der Waals surface area contributed by atoms with Crippen molar-refractivity contribution in [2.75, 3.05) is 5.75 Å². The van der Waals surface area contributed by atoms with Gasteiger partial charge in [0.15, 0.2) is 0 Å². The Morgan fingerprint density at radius 2 is 2.00 bits per heavy atom. The van der Waals surface area contributed by atoms with E-state index in [9.17, 15) is 4.21 Å². The largest absolute Gasteiger partial charge is 0.263 e. The molecule has 1 atom stereocenters. The lowest BCUT2D eigenvalue weighted by Gasteiger charge is -2.13. The molecule has 0 N–H and O–H groups in total. The molecule has 0 aliphatic carbocycles. The van der Waals surface area contributed by atoms with E-state index in [0.717, 1.165) is 10.5 Å². The first-order valence-corrected chi connectivity index (χ1v) is 7.23. The van der Waals surface area contributed by atoms with Gasteiger partial charge in [-0.25, -0.2) is 0 Å². The second-order valence-electron chi connectivity index (χ2n) is 4.28. The van der Waals surface area contributed by atoms with E-state index < -0.39 is 9.52 Å². The Kier molecular flexibility index (Phi) is 3.61. The fourth-order valence-corrected chi connectivity index (χ4v) is 2.88. The van der Waals surface area contributed by atoms with Crippen LogP contribution in [0.25, 0.3) is 0 Å². The van der Waals surface area contributed by atoms with Gasteiger partial charge >= 0.3 is 0 Å². The van der Waals surface area contributed by atoms with Crippen LogP contribution in [0.1, 0.15) is 37.8 Å². The average Bonchev–Trinajstić information content (AvgIpc) is 2.17. The van der Waals surface area contributed by atoms with Crippen LogP contribution in [0.2, 0.25) is 0 Å². The minimum Gasteiger partial charge on any atom is -0.263 e. The third-order valence-corrected chi connectivity index (χ3v) is 4.93. The molecular formula is C13H20OS. The van der Waals surface area contributed by atoms with Crippen LogP contribution in [0.15, 0.2) is 23.1 Å². The fraction of sp³-hybridized carbons (Fsp3) is 0.462. The molecule has 0 aromatic heterocycles. The lowest BCUT2D eigenvalue weighted by atomic mass is 10.0. The minimum atomic E-state index is -2.07. The molecule has 1 rings (SSSR count). The van der Waals surface area contributed by atoms with Gasteiger partial charge in [-0.05, 0) is 45.4 Å². The number of hydrogen-bond acceptors (Lipinski definition) is 1. The standard InChI is InChI=1S/C13H20OS/c1-6-15(5,14)13-8-7-12(10(2)3)9-11(13)4/h7-10H,5-6H2,1-4H3. The molecule has 1 aromatic rings. The fourth-order valence-electron chi connectivity index (χ4n) is 1.60. The third-order valence-electron chi connectivity index (χ3n) is 2.73. The summed E-state index contributed by atoms with van der Waals surface area (Å²) in [5.41, 5.74) is 2.39. The van der Waals surface area contributed by atoms with E-state index in [-0.39, 0.29) is 0 Å². The van der Waals surface area contributed by atoms with Crippen LogP contribution >= 0.6 is 0 Å². The van der Waals surface area contributed by atoms with Crippen LogP contribution in [0.3, 0.4) is 0 Å². The molecule has 0 fully saturated rings. The average molecular weight is 224 g/mol. The van der Waals surface area contributed by atoms with Crippen LogP contribution in [0.4, 0.5) is 0 Å². The smallest absolute Gasteiger partial charge is 0.0334 e. The maximum Gasteiger partial charge on any atom is 0.0334 e. The molecule has 84 valence electrons. The highest BCUT2D eigenvalue weighted by molar-refractivity contribution is 8.00. The van der Waals surface area contributed by atoms with Crippen LogP contribution in [0.5, 0.6) is 0 Å². The lowest BCUT2D eigenvalue weighted by molar-refractivity contribution is 0.681. The van der Waals surface area contributed by atoms with Gasteiger partial charge in [-0.2, -0.15) is 0 Å². The Hall–Kier alpha value is -0.760. The number of aryl methyl sites for hydroxylation is 1. The van der Waals surface area contributed by atoms with Gasteiger partial charge < -0.3 is 0 Å². The van der Waals surface area contributed by atoms with Crippen molar-refractivity contribution in [3.63, 3.8) is 0 Å². The first-order chi connectivity index (χ1) is 6.88. The first kappa shape index (κ1) is 12.3. The molecule has 1 unspecified atom stereocenters. The molecular weight excluding hydrogens is 204 g/mol. The molecule has 1 nitrogen and oxygen atoms in total. The molecule has 0 heterocycles. The van der Waals surface area contributed by atoms with Crippen LogP contribution < -0.4 is 0 Å².